The molecule has 0 radical (unpaired) electrons. The van der Waals surface area contributed by atoms with Crippen LogP contribution in [0.3, 0.4) is 0 Å². The van der Waals surface area contributed by atoms with Gasteiger partial charge < -0.3 is 14.7 Å². The van der Waals surface area contributed by atoms with Crippen LogP contribution in [0, 0.1) is 0 Å². The van der Waals surface area contributed by atoms with Crippen LogP contribution in [0.5, 0.6) is 0 Å². The molecule has 0 aromatic heterocycles. The molecule has 4 rings (SSSR count). The molecule has 174 valence electrons. The second-order valence-electron chi connectivity index (χ2n) is 8.84. The smallest absolute Gasteiger partial charge is 0.258 e. The van der Waals surface area contributed by atoms with Crippen molar-refractivity contribution in [2.75, 3.05) is 24.3 Å². The number of hydrogen-bond donors (Lipinski definition) is 1. The lowest BCUT2D eigenvalue weighted by atomic mass is 9.98. The maximum absolute atomic E-state index is 15.0. The van der Waals surface area contributed by atoms with E-state index in [1.54, 1.807) is 0 Å². The van der Waals surface area contributed by atoms with E-state index in [-0.39, 0.29) is 6.10 Å². The summed E-state index contributed by atoms with van der Waals surface area (Å²) in [6.07, 6.45) is 5.39. The van der Waals surface area contributed by atoms with Gasteiger partial charge in [0.15, 0.2) is 0 Å². The SMILES string of the molecule is CN(C)c1ccc([P@@](=O)(OC2CCCCC2)[C@H](Nc2ccccc2)c2ccc(Br)cc2)cc1. The van der Waals surface area contributed by atoms with Gasteiger partial charge in [0.1, 0.15) is 5.78 Å². The first-order chi connectivity index (χ1) is 16.0. The highest BCUT2D eigenvalue weighted by molar-refractivity contribution is 9.10. The van der Waals surface area contributed by atoms with E-state index in [9.17, 15) is 0 Å². The summed E-state index contributed by atoms with van der Waals surface area (Å²) in [5.74, 6) is -0.500. The van der Waals surface area contributed by atoms with Gasteiger partial charge in [0, 0.05) is 35.2 Å². The zero-order chi connectivity index (χ0) is 23.3. The first-order valence-corrected chi connectivity index (χ1v) is 14.1. The molecule has 1 aliphatic rings. The number of para-hydroxylation sites is 1. The van der Waals surface area contributed by atoms with E-state index in [4.69, 9.17) is 4.52 Å². The quantitative estimate of drug-likeness (QED) is 0.307. The molecule has 2 atom stereocenters. The topological polar surface area (TPSA) is 41.6 Å². The minimum Gasteiger partial charge on any atom is -0.378 e. The summed E-state index contributed by atoms with van der Waals surface area (Å²) in [6, 6.07) is 26.0. The predicted molar refractivity (Wildman–Crippen MR) is 143 cm³/mol. The Hall–Kier alpha value is -2.07. The fourth-order valence-electron chi connectivity index (χ4n) is 4.32. The summed E-state index contributed by atoms with van der Waals surface area (Å²) >= 11 is 3.53. The van der Waals surface area contributed by atoms with Gasteiger partial charge in [0.2, 0.25) is 0 Å². The molecule has 6 heteroatoms. The molecule has 1 saturated carbocycles. The number of benzene rings is 3. The molecule has 1 N–H and O–H groups in total. The Morgan fingerprint density at radius 2 is 1.55 bits per heavy atom. The van der Waals surface area contributed by atoms with Crippen molar-refractivity contribution in [1.29, 1.82) is 0 Å². The lowest BCUT2D eigenvalue weighted by molar-refractivity contribution is 0.159. The molecular weight excluding hydrogens is 495 g/mol. The van der Waals surface area contributed by atoms with E-state index in [2.05, 4.69) is 21.2 Å². The number of hydrogen-bond acceptors (Lipinski definition) is 4. The van der Waals surface area contributed by atoms with Crippen molar-refractivity contribution < 1.29 is 9.09 Å². The van der Waals surface area contributed by atoms with Crippen molar-refractivity contribution in [3.8, 4) is 0 Å². The summed E-state index contributed by atoms with van der Waals surface area (Å²) < 4.78 is 22.7. The number of anilines is 2. The Morgan fingerprint density at radius 1 is 0.909 bits per heavy atom. The zero-order valence-corrected chi connectivity index (χ0v) is 21.8. The molecule has 0 aliphatic heterocycles. The van der Waals surface area contributed by atoms with Crippen LogP contribution in [0.15, 0.2) is 83.3 Å². The molecule has 0 bridgehead atoms. The third kappa shape index (κ3) is 5.90. The molecule has 3 aromatic rings. The van der Waals surface area contributed by atoms with Gasteiger partial charge in [0.25, 0.3) is 7.37 Å². The van der Waals surface area contributed by atoms with E-state index >= 15 is 4.57 Å². The normalized spacial score (nSPS) is 17.2. The van der Waals surface area contributed by atoms with E-state index in [0.717, 1.165) is 52.4 Å². The van der Waals surface area contributed by atoms with E-state index in [1.807, 2.05) is 97.9 Å². The molecule has 0 saturated heterocycles. The van der Waals surface area contributed by atoms with Crippen LogP contribution in [-0.2, 0) is 9.09 Å². The summed E-state index contributed by atoms with van der Waals surface area (Å²) in [7, 11) is 0.669. The van der Waals surface area contributed by atoms with Crippen molar-refractivity contribution in [2.24, 2.45) is 0 Å². The molecule has 3 aromatic carbocycles. The summed E-state index contributed by atoms with van der Waals surface area (Å²) in [6.45, 7) is 0. The summed E-state index contributed by atoms with van der Waals surface area (Å²) in [5, 5.41) is 4.31. The monoisotopic (exact) mass is 526 g/mol. The highest BCUT2D eigenvalue weighted by Gasteiger charge is 2.40. The van der Waals surface area contributed by atoms with Gasteiger partial charge in [-0.25, -0.2) is 0 Å². The standard InChI is InChI=1S/C27H32BrN2O2P/c1-30(2)24-17-19-26(20-18-24)33(31,32-25-11-7-4-8-12-25)27(21-13-15-22(28)16-14-21)29-23-9-5-3-6-10-23/h3,5-6,9-10,13-20,25,27,29H,4,7-8,11-12H2,1-2H3/t27-,33+/m0/s1. The van der Waals surface area contributed by atoms with Crippen LogP contribution in [0.1, 0.15) is 43.5 Å². The van der Waals surface area contributed by atoms with Gasteiger partial charge in [-0.2, -0.15) is 0 Å². The highest BCUT2D eigenvalue weighted by Crippen LogP contribution is 2.60. The number of halogens is 1. The molecule has 1 fully saturated rings. The summed E-state index contributed by atoms with van der Waals surface area (Å²) in [5.41, 5.74) is 2.93. The summed E-state index contributed by atoms with van der Waals surface area (Å²) in [4.78, 5) is 2.05. The van der Waals surface area contributed by atoms with Crippen molar-refractivity contribution in [1.82, 2.24) is 0 Å². The Morgan fingerprint density at radius 3 is 2.15 bits per heavy atom. The lowest BCUT2D eigenvalue weighted by Gasteiger charge is -2.34. The number of nitrogens with zero attached hydrogens (tertiary/aromatic N) is 1. The van der Waals surface area contributed by atoms with E-state index < -0.39 is 13.2 Å². The Labute approximate surface area is 205 Å². The van der Waals surface area contributed by atoms with E-state index in [0.29, 0.717) is 0 Å². The molecule has 1 aliphatic carbocycles. The lowest BCUT2D eigenvalue weighted by Crippen LogP contribution is -2.25. The fraction of sp³-hybridized carbons (Fsp3) is 0.333. The van der Waals surface area contributed by atoms with Gasteiger partial charge in [-0.05, 0) is 66.9 Å². The Balaban J connectivity index is 1.80. The average Bonchev–Trinajstić information content (AvgIpc) is 2.84. The second-order valence-corrected chi connectivity index (χ2v) is 12.2. The minimum absolute atomic E-state index is 0.00799. The van der Waals surface area contributed by atoms with Gasteiger partial charge >= 0.3 is 0 Å². The van der Waals surface area contributed by atoms with Crippen LogP contribution in [0.4, 0.5) is 11.4 Å². The molecule has 4 nitrogen and oxygen atoms in total. The number of nitrogens with one attached hydrogen (secondary N) is 1. The molecule has 0 amide bonds. The fourth-order valence-corrected chi connectivity index (χ4v) is 7.23. The van der Waals surface area contributed by atoms with Crippen LogP contribution < -0.4 is 15.5 Å². The number of rotatable bonds is 8. The highest BCUT2D eigenvalue weighted by atomic mass is 79.9. The van der Waals surface area contributed by atoms with Gasteiger partial charge in [0.05, 0.1) is 6.10 Å². The van der Waals surface area contributed by atoms with Crippen LogP contribution in [0.25, 0.3) is 0 Å². The molecule has 0 unspecified atom stereocenters. The van der Waals surface area contributed by atoms with Crippen molar-refractivity contribution in [3.63, 3.8) is 0 Å². The molecule has 0 heterocycles. The third-order valence-electron chi connectivity index (χ3n) is 6.19. The van der Waals surface area contributed by atoms with Gasteiger partial charge in [-0.15, -0.1) is 0 Å². The Bertz CT molecular complexity index is 1070. The Kier molecular flexibility index (Phi) is 7.95. The maximum Gasteiger partial charge on any atom is 0.258 e. The first-order valence-electron chi connectivity index (χ1n) is 11.6. The average molecular weight is 527 g/mol. The second kappa shape index (κ2) is 10.9. The van der Waals surface area contributed by atoms with Crippen LogP contribution in [-0.4, -0.2) is 20.2 Å². The van der Waals surface area contributed by atoms with Crippen LogP contribution >= 0.6 is 23.3 Å². The third-order valence-corrected chi connectivity index (χ3v) is 9.45. The molecule has 0 spiro atoms. The zero-order valence-electron chi connectivity index (χ0n) is 19.3. The molecular formula is C27H32BrN2O2P. The van der Waals surface area contributed by atoms with Gasteiger partial charge in [-0.3, -0.25) is 4.57 Å². The van der Waals surface area contributed by atoms with E-state index in [1.165, 1.54) is 6.42 Å². The predicted octanol–water partition coefficient (Wildman–Crippen LogP) is 7.58. The van der Waals surface area contributed by atoms with Crippen LogP contribution in [0.2, 0.25) is 0 Å². The molecule has 33 heavy (non-hydrogen) atoms. The maximum atomic E-state index is 15.0. The van der Waals surface area contributed by atoms with Crippen molar-refractivity contribution in [3.05, 3.63) is 88.9 Å². The van der Waals surface area contributed by atoms with Crippen molar-refractivity contribution >= 4 is 40.0 Å². The minimum atomic E-state index is -3.35. The first kappa shape index (κ1) is 24.1. The largest absolute Gasteiger partial charge is 0.378 e. The van der Waals surface area contributed by atoms with Crippen molar-refractivity contribution in [2.45, 2.75) is 44.0 Å². The van der Waals surface area contributed by atoms with Gasteiger partial charge in [-0.1, -0.05) is 65.5 Å².